The molecule has 0 bridgehead atoms. The number of rotatable bonds is 7. The molecule has 0 spiro atoms. The molecule has 2 aromatic heterocycles. The molecule has 2 aromatic carbocycles. The van der Waals surface area contributed by atoms with E-state index in [2.05, 4.69) is 20.4 Å². The largest absolute Gasteiger partial charge is 0.573 e. The van der Waals surface area contributed by atoms with Crippen molar-refractivity contribution in [1.29, 1.82) is 0 Å². The molecule has 0 saturated carbocycles. The number of nitrogens with zero attached hydrogens (tertiary/aromatic N) is 2. The lowest BCUT2D eigenvalue weighted by atomic mass is 10.1. The zero-order valence-electron chi connectivity index (χ0n) is 18.3. The first-order valence-electron chi connectivity index (χ1n) is 9.95. The third-order valence-corrected chi connectivity index (χ3v) is 6.86. The Kier molecular flexibility index (Phi) is 8.04. The van der Waals surface area contributed by atoms with E-state index >= 15 is 0 Å². The van der Waals surface area contributed by atoms with Crippen LogP contribution < -0.4 is 15.4 Å². The predicted octanol–water partition coefficient (Wildman–Crippen LogP) is 5.85. The van der Waals surface area contributed by atoms with Crippen molar-refractivity contribution in [2.75, 3.05) is 12.4 Å². The van der Waals surface area contributed by atoms with Crippen LogP contribution in [0.2, 0.25) is 5.02 Å². The van der Waals surface area contributed by atoms with Crippen LogP contribution in [-0.4, -0.2) is 30.8 Å². The van der Waals surface area contributed by atoms with Gasteiger partial charge in [0.15, 0.2) is 0 Å². The molecular weight excluding hydrogens is 547 g/mol. The molecule has 0 atom stereocenters. The quantitative estimate of drug-likeness (QED) is 0.274. The lowest BCUT2D eigenvalue weighted by Crippen LogP contribution is -2.17. The van der Waals surface area contributed by atoms with E-state index in [-0.39, 0.29) is 33.5 Å². The van der Waals surface area contributed by atoms with Gasteiger partial charge in [-0.25, -0.2) is 16.8 Å². The predicted molar refractivity (Wildman–Crippen MR) is 130 cm³/mol. The molecule has 4 rings (SSSR count). The zero-order chi connectivity index (χ0) is 25.4. The number of hydrogen-bond acceptors (Lipinski definition) is 6. The summed E-state index contributed by atoms with van der Waals surface area (Å²) in [5, 5.41) is 6.50. The minimum atomic E-state index is -4.86. The summed E-state index contributed by atoms with van der Waals surface area (Å²) in [6.45, 7) is 0.361. The fourth-order valence-corrected chi connectivity index (χ4v) is 5.05. The average Bonchev–Trinajstić information content (AvgIpc) is 3.13. The van der Waals surface area contributed by atoms with Gasteiger partial charge in [0, 0.05) is 36.1 Å². The molecule has 0 aliphatic carbocycles. The zero-order valence-corrected chi connectivity index (χ0v) is 20.7. The second-order valence-corrected chi connectivity index (χ2v) is 9.59. The summed E-state index contributed by atoms with van der Waals surface area (Å²) < 4.78 is 82.4. The first-order chi connectivity index (χ1) is 16.5. The highest BCUT2D eigenvalue weighted by molar-refractivity contribution is 7.90. The van der Waals surface area contributed by atoms with Crippen molar-refractivity contribution in [3.63, 3.8) is 0 Å². The van der Waals surface area contributed by atoms with E-state index in [1.54, 1.807) is 19.2 Å². The molecule has 14 heteroatoms. The Hall–Kier alpha value is -3.06. The van der Waals surface area contributed by atoms with Gasteiger partial charge in [-0.2, -0.15) is 0 Å². The maximum Gasteiger partial charge on any atom is 0.573 e. The molecule has 4 aromatic rings. The average molecular weight is 565 g/mol. The normalized spacial score (nSPS) is 11.8. The van der Waals surface area contributed by atoms with E-state index in [4.69, 9.17) is 11.6 Å². The van der Waals surface area contributed by atoms with Crippen LogP contribution in [0, 0.1) is 5.82 Å². The minimum absolute atomic E-state index is 0. The highest BCUT2D eigenvalue weighted by atomic mass is 35.5. The van der Waals surface area contributed by atoms with Crippen LogP contribution in [0.4, 0.5) is 28.9 Å². The third kappa shape index (κ3) is 5.84. The summed E-state index contributed by atoms with van der Waals surface area (Å²) in [7, 11) is -2.49. The molecule has 0 saturated heterocycles. The summed E-state index contributed by atoms with van der Waals surface area (Å²) in [4.78, 5) is 3.30. The van der Waals surface area contributed by atoms with Crippen LogP contribution in [0.5, 0.6) is 5.75 Å². The van der Waals surface area contributed by atoms with Gasteiger partial charge < -0.3 is 15.4 Å². The topological polar surface area (TPSA) is 85.2 Å². The number of benzene rings is 2. The first-order valence-corrected chi connectivity index (χ1v) is 11.8. The number of alkyl halides is 3. The Balaban J connectivity index is 0.00000361. The van der Waals surface area contributed by atoms with Crippen LogP contribution in [-0.2, 0) is 16.6 Å². The number of hydrogen-bond donors (Lipinski definition) is 2. The van der Waals surface area contributed by atoms with Crippen LogP contribution in [0.3, 0.4) is 0 Å². The summed E-state index contributed by atoms with van der Waals surface area (Å²) in [6.07, 6.45) is -1.48. The summed E-state index contributed by atoms with van der Waals surface area (Å²) >= 11 is 6.11. The Morgan fingerprint density at radius 1 is 1.11 bits per heavy atom. The van der Waals surface area contributed by atoms with Crippen LogP contribution in [0.15, 0.2) is 66.0 Å². The van der Waals surface area contributed by atoms with Crippen molar-refractivity contribution in [3.8, 4) is 5.75 Å². The van der Waals surface area contributed by atoms with Crippen LogP contribution in [0.25, 0.3) is 10.9 Å². The van der Waals surface area contributed by atoms with E-state index in [0.717, 1.165) is 34.6 Å². The van der Waals surface area contributed by atoms with Crippen molar-refractivity contribution < 1.29 is 30.7 Å². The van der Waals surface area contributed by atoms with Gasteiger partial charge in [-0.05, 0) is 42.9 Å². The highest BCUT2D eigenvalue weighted by Crippen LogP contribution is 2.34. The van der Waals surface area contributed by atoms with Crippen molar-refractivity contribution in [3.05, 3.63) is 77.5 Å². The summed E-state index contributed by atoms with van der Waals surface area (Å²) in [6, 6.07) is 9.16. The molecule has 0 fully saturated rings. The minimum Gasteiger partial charge on any atom is -0.406 e. The SMILES string of the molecule is CNCc1cn(S(=O)(=O)c2cncc(F)c2)c2cc(Nc3ccc(OC(F)(F)F)cc3Cl)ccc12.Cl. The van der Waals surface area contributed by atoms with Gasteiger partial charge in [-0.15, -0.1) is 25.6 Å². The van der Waals surface area contributed by atoms with Crippen molar-refractivity contribution in [1.82, 2.24) is 14.3 Å². The van der Waals surface area contributed by atoms with Crippen molar-refractivity contribution in [2.45, 2.75) is 17.8 Å². The van der Waals surface area contributed by atoms with E-state index in [0.29, 0.717) is 23.2 Å². The van der Waals surface area contributed by atoms with Crippen molar-refractivity contribution >= 4 is 56.3 Å². The van der Waals surface area contributed by atoms with E-state index < -0.39 is 28.0 Å². The number of pyridine rings is 1. The lowest BCUT2D eigenvalue weighted by Gasteiger charge is -2.13. The number of fused-ring (bicyclic) bond motifs is 1. The fraction of sp³-hybridized carbons (Fsp3) is 0.136. The van der Waals surface area contributed by atoms with Gasteiger partial charge in [0.2, 0.25) is 0 Å². The van der Waals surface area contributed by atoms with E-state index in [9.17, 15) is 26.0 Å². The van der Waals surface area contributed by atoms with Gasteiger partial charge in [-0.1, -0.05) is 17.7 Å². The monoisotopic (exact) mass is 564 g/mol. The van der Waals surface area contributed by atoms with Gasteiger partial charge >= 0.3 is 6.36 Å². The summed E-state index contributed by atoms with van der Waals surface area (Å²) in [5.74, 6) is -1.28. The molecule has 192 valence electrons. The maximum absolute atomic E-state index is 13.7. The highest BCUT2D eigenvalue weighted by Gasteiger charge is 2.31. The molecule has 0 aliphatic rings. The lowest BCUT2D eigenvalue weighted by molar-refractivity contribution is -0.274. The number of aromatic nitrogens is 2. The van der Waals surface area contributed by atoms with Gasteiger partial charge in [0.25, 0.3) is 10.0 Å². The molecule has 2 N–H and O–H groups in total. The fourth-order valence-electron chi connectivity index (χ4n) is 3.47. The molecule has 0 radical (unpaired) electrons. The Labute approximate surface area is 214 Å². The molecular formula is C22H18Cl2F4N4O3S. The Morgan fingerprint density at radius 3 is 2.50 bits per heavy atom. The molecule has 0 amide bonds. The van der Waals surface area contributed by atoms with Gasteiger partial charge in [0.05, 0.1) is 22.4 Å². The number of ether oxygens (including phenoxy) is 1. The molecule has 7 nitrogen and oxygen atoms in total. The second kappa shape index (κ2) is 10.5. The first kappa shape index (κ1) is 27.5. The molecule has 0 aliphatic heterocycles. The van der Waals surface area contributed by atoms with Crippen LogP contribution >= 0.6 is 24.0 Å². The smallest absolute Gasteiger partial charge is 0.406 e. The van der Waals surface area contributed by atoms with Gasteiger partial charge in [-0.3, -0.25) is 4.98 Å². The maximum atomic E-state index is 13.7. The molecule has 36 heavy (non-hydrogen) atoms. The summed E-state index contributed by atoms with van der Waals surface area (Å²) in [5.41, 5.74) is 1.64. The number of halogens is 6. The molecule has 0 unspecified atom stereocenters. The van der Waals surface area contributed by atoms with Crippen LogP contribution in [0.1, 0.15) is 5.56 Å². The molecule has 2 heterocycles. The number of nitrogens with one attached hydrogen (secondary N) is 2. The van der Waals surface area contributed by atoms with E-state index in [1.165, 1.54) is 18.3 Å². The third-order valence-electron chi connectivity index (χ3n) is 4.91. The Morgan fingerprint density at radius 2 is 1.86 bits per heavy atom. The number of anilines is 2. The Bertz CT molecular complexity index is 1510. The van der Waals surface area contributed by atoms with Gasteiger partial charge in [0.1, 0.15) is 16.5 Å². The second-order valence-electron chi connectivity index (χ2n) is 7.37. The van der Waals surface area contributed by atoms with E-state index in [1.807, 2.05) is 0 Å². The standard InChI is InChI=1S/C22H17ClF4N4O3S.ClH/c1-28-9-13-12-31(35(32,33)17-6-14(24)10-29-11-17)21-7-15(2-4-18(13)21)30-20-5-3-16(8-19(20)23)34-22(25,26)27;/h2-8,10-12,28,30H,9H2,1H3;1H. The van der Waals surface area contributed by atoms with Crippen molar-refractivity contribution in [2.24, 2.45) is 0 Å².